The maximum atomic E-state index is 9.69. The fourth-order valence-corrected chi connectivity index (χ4v) is 5.84. The highest BCUT2D eigenvalue weighted by atomic mass is 16.3. The molecule has 0 fully saturated rings. The molecular formula is C50H33NO. The highest BCUT2D eigenvalue weighted by Crippen LogP contribution is 2.45. The summed E-state index contributed by atoms with van der Waals surface area (Å²) in [6.07, 6.45) is 0. The van der Waals surface area contributed by atoms with E-state index in [1.165, 1.54) is 0 Å². The third-order valence-corrected chi connectivity index (χ3v) is 8.29. The molecule has 0 unspecified atom stereocenters. The van der Waals surface area contributed by atoms with E-state index in [0.717, 1.165) is 5.39 Å². The van der Waals surface area contributed by atoms with Crippen LogP contribution in [0.3, 0.4) is 0 Å². The first-order chi connectivity index (χ1) is 36.6. The minimum atomic E-state index is -1.18. The van der Waals surface area contributed by atoms with Gasteiger partial charge in [-0.1, -0.05) is 151 Å². The largest absolute Gasteiger partial charge is 0.455 e. The first-order valence-electron chi connectivity index (χ1n) is 28.6. The van der Waals surface area contributed by atoms with Gasteiger partial charge in [0.05, 0.1) is 46.7 Å². The maximum Gasteiger partial charge on any atom is 0.143 e. The smallest absolute Gasteiger partial charge is 0.143 e. The lowest BCUT2D eigenvalue weighted by atomic mass is 9.99. The van der Waals surface area contributed by atoms with Gasteiger partial charge in [-0.3, -0.25) is 0 Å². The normalized spacial score (nSPS) is 18.5. The summed E-state index contributed by atoms with van der Waals surface area (Å²) >= 11 is 0. The molecule has 0 spiro atoms. The summed E-state index contributed by atoms with van der Waals surface area (Å²) in [6, 6.07) is -12.2. The summed E-state index contributed by atoms with van der Waals surface area (Å²) in [5, 5.41) is -0.709. The van der Waals surface area contributed by atoms with Crippen molar-refractivity contribution in [1.29, 1.82) is 0 Å². The van der Waals surface area contributed by atoms with E-state index in [9.17, 15) is 13.7 Å². The Morgan fingerprint density at radius 3 is 1.71 bits per heavy atom. The van der Waals surface area contributed by atoms with E-state index >= 15 is 0 Å². The number of nitrogens with zero attached hydrogens (tertiary/aromatic N) is 1. The zero-order chi connectivity index (χ0) is 57.1. The Labute approximate surface area is 339 Å². The van der Waals surface area contributed by atoms with Crippen LogP contribution in [0.5, 0.6) is 0 Å². The van der Waals surface area contributed by atoms with E-state index in [1.54, 1.807) is 42.5 Å². The van der Waals surface area contributed by atoms with Gasteiger partial charge in [0, 0.05) is 22.1 Å². The Bertz CT molecular complexity index is 4300. The quantitative estimate of drug-likeness (QED) is 0.173. The van der Waals surface area contributed by atoms with Crippen molar-refractivity contribution in [2.75, 3.05) is 4.90 Å². The number of hydrogen-bond donors (Lipinski definition) is 0. The van der Waals surface area contributed by atoms with Crippen molar-refractivity contribution in [1.82, 2.24) is 0 Å². The molecule has 1 heterocycles. The second kappa shape index (κ2) is 12.5. The van der Waals surface area contributed by atoms with Crippen LogP contribution in [0.4, 0.5) is 17.1 Å². The van der Waals surface area contributed by atoms with Crippen LogP contribution in [0.2, 0.25) is 0 Å². The number of fused-ring (bicyclic) bond motifs is 6. The first kappa shape index (κ1) is 13.7. The predicted molar refractivity (Wildman–Crippen MR) is 220 cm³/mol. The molecule has 0 aliphatic carbocycles. The highest BCUT2D eigenvalue weighted by molar-refractivity contribution is 6.19. The lowest BCUT2D eigenvalue weighted by Gasteiger charge is -2.26. The molecule has 0 saturated carbocycles. The molecule has 0 bridgehead atoms. The minimum absolute atomic E-state index is 0.199. The third-order valence-electron chi connectivity index (χ3n) is 8.29. The van der Waals surface area contributed by atoms with Crippen LogP contribution in [-0.4, -0.2) is 0 Å². The molecule has 0 amide bonds. The average Bonchev–Trinajstić information content (AvgIpc) is 3.94. The van der Waals surface area contributed by atoms with Gasteiger partial charge < -0.3 is 9.32 Å². The van der Waals surface area contributed by atoms with Crippen molar-refractivity contribution in [3.8, 4) is 33.4 Å². The van der Waals surface area contributed by atoms with Crippen LogP contribution in [0.1, 0.15) is 35.6 Å². The maximum absolute atomic E-state index is 9.69. The Balaban J connectivity index is 1.36. The lowest BCUT2D eigenvalue weighted by molar-refractivity contribution is 0.672. The minimum Gasteiger partial charge on any atom is -0.455 e. The number of rotatable bonds is 6. The molecule has 0 saturated heterocycles. The van der Waals surface area contributed by atoms with Gasteiger partial charge in [0.25, 0.3) is 0 Å². The standard InChI is InChI=1S/C50H33NO/c1-2-9-34(10-3-1)36-17-19-37(20-18-36)38-23-28-43(29-24-38)51(44-30-25-39(26-31-44)42-22-21-35-11-4-5-13-41(35)33-42)47-15-8-16-48-49(47)46-32-27-40-12-6-7-14-45(40)50(46)52-48/h1-33H/i1D,2D,3D,6D,7D,8D,9D,10D,12D,14D,15D,16D,17D,18D,19D,20D,23D,24D,25D,26D,27D,28D,29D,30D,31D,32D. The van der Waals surface area contributed by atoms with Crippen molar-refractivity contribution in [3.63, 3.8) is 0 Å². The van der Waals surface area contributed by atoms with Gasteiger partial charge in [-0.05, 0) is 97.9 Å². The van der Waals surface area contributed by atoms with Crippen molar-refractivity contribution in [2.24, 2.45) is 0 Å². The molecule has 9 aromatic carbocycles. The van der Waals surface area contributed by atoms with E-state index in [2.05, 4.69) is 0 Å². The van der Waals surface area contributed by atoms with Crippen molar-refractivity contribution < 1.29 is 40.1 Å². The van der Waals surface area contributed by atoms with Gasteiger partial charge in [0.2, 0.25) is 0 Å². The number of furan rings is 1. The van der Waals surface area contributed by atoms with E-state index in [1.807, 2.05) is 0 Å². The zero-order valence-corrected chi connectivity index (χ0v) is 26.4. The van der Waals surface area contributed by atoms with E-state index in [4.69, 9.17) is 26.3 Å². The Morgan fingerprint density at radius 2 is 1.00 bits per heavy atom. The fraction of sp³-hybridized carbons (Fsp3) is 0. The molecule has 0 aliphatic heterocycles. The molecule has 2 nitrogen and oxygen atoms in total. The summed E-state index contributed by atoms with van der Waals surface area (Å²) in [5.41, 5.74) is -7.32. The van der Waals surface area contributed by atoms with Gasteiger partial charge in [-0.25, -0.2) is 0 Å². The third kappa shape index (κ3) is 5.21. The highest BCUT2D eigenvalue weighted by Gasteiger charge is 2.20. The molecule has 10 rings (SSSR count). The van der Waals surface area contributed by atoms with Gasteiger partial charge in [-0.15, -0.1) is 0 Å². The average molecular weight is 690 g/mol. The van der Waals surface area contributed by atoms with Crippen LogP contribution in [0.25, 0.3) is 76.9 Å². The Kier molecular flexibility index (Phi) is 3.27. The van der Waals surface area contributed by atoms with Gasteiger partial charge >= 0.3 is 0 Å². The molecular weight excluding hydrogens is 631 g/mol. The molecule has 0 N–H and O–H groups in total. The Morgan fingerprint density at radius 1 is 0.404 bits per heavy atom. The predicted octanol–water partition coefficient (Wildman–Crippen LogP) is 14.4. The second-order valence-corrected chi connectivity index (χ2v) is 11.3. The SMILES string of the molecule is [2H]c1c([2H])c([2H])c(-c2c([2H])c([2H])c(-c3c([2H])c([2H])c(N(c4c([2H])c([2H])c(-c5ccc6ccccc6c5)c([2H])c4[2H])c4c([2H])c([2H])c([2H])c5oc6c7c([2H])c([2H])c([2H])c([2H])c7c([2H])c([2H])c6c45)c([2H])c3[2H])c([2H])c2[2H])c([2H])c1[2H]. The van der Waals surface area contributed by atoms with Crippen LogP contribution < -0.4 is 4.90 Å². The number of anilines is 3. The summed E-state index contributed by atoms with van der Waals surface area (Å²) in [7, 11) is 0. The van der Waals surface area contributed by atoms with Crippen molar-refractivity contribution in [2.45, 2.75) is 0 Å². The monoisotopic (exact) mass is 689 g/mol. The van der Waals surface area contributed by atoms with Crippen molar-refractivity contribution >= 4 is 60.5 Å². The van der Waals surface area contributed by atoms with E-state index in [0.29, 0.717) is 10.3 Å². The van der Waals surface area contributed by atoms with Crippen LogP contribution >= 0.6 is 0 Å². The molecule has 0 aliphatic rings. The molecule has 0 radical (unpaired) electrons. The topological polar surface area (TPSA) is 16.4 Å². The van der Waals surface area contributed by atoms with E-state index in [-0.39, 0.29) is 11.1 Å². The van der Waals surface area contributed by atoms with Gasteiger partial charge in [-0.2, -0.15) is 0 Å². The van der Waals surface area contributed by atoms with Crippen LogP contribution in [0, 0.1) is 0 Å². The first-order valence-corrected chi connectivity index (χ1v) is 15.6. The molecule has 244 valence electrons. The van der Waals surface area contributed by atoms with Crippen LogP contribution in [0.15, 0.2) is 204 Å². The molecule has 1 aromatic heterocycles. The fourth-order valence-electron chi connectivity index (χ4n) is 5.84. The van der Waals surface area contributed by atoms with E-state index < -0.39 is 229 Å². The van der Waals surface area contributed by atoms with Crippen LogP contribution in [-0.2, 0) is 0 Å². The molecule has 0 atom stereocenters. The Hall–Kier alpha value is -6.90. The number of hydrogen-bond acceptors (Lipinski definition) is 2. The van der Waals surface area contributed by atoms with Gasteiger partial charge in [0.15, 0.2) is 0 Å². The zero-order valence-electron chi connectivity index (χ0n) is 52.4. The van der Waals surface area contributed by atoms with Gasteiger partial charge in [0.1, 0.15) is 11.2 Å². The summed E-state index contributed by atoms with van der Waals surface area (Å²) in [4.78, 5) is 0.566. The second-order valence-electron chi connectivity index (χ2n) is 11.3. The summed E-state index contributed by atoms with van der Waals surface area (Å²) in [6.45, 7) is 0. The molecule has 2 heteroatoms. The lowest BCUT2D eigenvalue weighted by Crippen LogP contribution is -2.10. The molecule has 52 heavy (non-hydrogen) atoms. The summed E-state index contributed by atoms with van der Waals surface area (Å²) in [5.74, 6) is 0. The number of benzene rings is 9. The van der Waals surface area contributed by atoms with Crippen molar-refractivity contribution in [3.05, 3.63) is 200 Å². The molecule has 10 aromatic rings. The summed E-state index contributed by atoms with van der Waals surface area (Å²) < 4.78 is 241.